The van der Waals surface area contributed by atoms with Gasteiger partial charge in [-0.2, -0.15) is 0 Å². The highest BCUT2D eigenvalue weighted by molar-refractivity contribution is 6.17. The number of anilines is 3. The Kier molecular flexibility index (Phi) is 9.57. The molecular formula is C60H42N2. The molecule has 0 saturated carbocycles. The number of fused-ring (bicyclic) bond motifs is 3. The summed E-state index contributed by atoms with van der Waals surface area (Å²) in [5, 5.41) is 2.39. The second kappa shape index (κ2) is 16.1. The zero-order chi connectivity index (χ0) is 41.2. The molecular weight excluding hydrogens is 749 g/mol. The zero-order valence-corrected chi connectivity index (χ0v) is 34.1. The Labute approximate surface area is 362 Å². The summed E-state index contributed by atoms with van der Waals surface area (Å²) in [6.07, 6.45) is 0. The monoisotopic (exact) mass is 790 g/mol. The summed E-state index contributed by atoms with van der Waals surface area (Å²) in [5.41, 5.74) is 18.5. The van der Waals surface area contributed by atoms with E-state index < -0.39 is 0 Å². The van der Waals surface area contributed by atoms with Gasteiger partial charge < -0.3 is 9.47 Å². The van der Waals surface area contributed by atoms with Crippen molar-refractivity contribution in [2.24, 2.45) is 0 Å². The lowest BCUT2D eigenvalue weighted by atomic mass is 9.89. The largest absolute Gasteiger partial charge is 0.309 e. The highest BCUT2D eigenvalue weighted by Gasteiger charge is 2.25. The smallest absolute Gasteiger partial charge is 0.0562 e. The van der Waals surface area contributed by atoms with Crippen molar-refractivity contribution in [1.82, 2.24) is 4.57 Å². The predicted molar refractivity (Wildman–Crippen MR) is 263 cm³/mol. The molecule has 11 rings (SSSR count). The van der Waals surface area contributed by atoms with Crippen LogP contribution in [-0.2, 0) is 0 Å². The van der Waals surface area contributed by atoms with Gasteiger partial charge in [-0.25, -0.2) is 0 Å². The molecule has 0 aliphatic heterocycles. The minimum Gasteiger partial charge on any atom is -0.309 e. The molecule has 11 aromatic rings. The van der Waals surface area contributed by atoms with Gasteiger partial charge in [0.2, 0.25) is 0 Å². The van der Waals surface area contributed by atoms with Crippen molar-refractivity contribution < 1.29 is 0 Å². The van der Waals surface area contributed by atoms with Gasteiger partial charge in [-0.1, -0.05) is 206 Å². The topological polar surface area (TPSA) is 8.17 Å². The normalized spacial score (nSPS) is 11.2. The van der Waals surface area contributed by atoms with Crippen molar-refractivity contribution >= 4 is 38.9 Å². The number of benzene rings is 10. The molecule has 0 fully saturated rings. The number of rotatable bonds is 9. The van der Waals surface area contributed by atoms with E-state index in [1.807, 2.05) is 0 Å². The third-order valence-electron chi connectivity index (χ3n) is 12.0. The van der Waals surface area contributed by atoms with Gasteiger partial charge in [0.05, 0.1) is 22.4 Å². The van der Waals surface area contributed by atoms with Crippen LogP contribution in [-0.4, -0.2) is 4.57 Å². The molecule has 2 nitrogen and oxygen atoms in total. The van der Waals surface area contributed by atoms with Crippen LogP contribution in [0.4, 0.5) is 17.1 Å². The maximum Gasteiger partial charge on any atom is 0.0562 e. The maximum absolute atomic E-state index is 2.50. The van der Waals surface area contributed by atoms with E-state index in [-0.39, 0.29) is 0 Å². The number of hydrogen-bond donors (Lipinski definition) is 0. The molecule has 0 spiro atoms. The van der Waals surface area contributed by atoms with E-state index in [4.69, 9.17) is 0 Å². The minimum atomic E-state index is 1.07. The molecule has 62 heavy (non-hydrogen) atoms. The fraction of sp³-hybridized carbons (Fsp3) is 0. The fourth-order valence-corrected chi connectivity index (χ4v) is 9.19. The molecule has 0 saturated heterocycles. The molecule has 0 aliphatic carbocycles. The molecule has 0 radical (unpaired) electrons. The third-order valence-corrected chi connectivity index (χ3v) is 12.0. The van der Waals surface area contributed by atoms with E-state index in [0.717, 1.165) is 39.4 Å². The van der Waals surface area contributed by atoms with E-state index in [9.17, 15) is 0 Å². The average molecular weight is 791 g/mol. The van der Waals surface area contributed by atoms with Gasteiger partial charge in [0.1, 0.15) is 0 Å². The molecule has 2 heteroatoms. The first kappa shape index (κ1) is 36.8. The summed E-state index contributed by atoms with van der Waals surface area (Å²) in [6.45, 7) is 0. The fourth-order valence-electron chi connectivity index (χ4n) is 9.19. The quantitative estimate of drug-likeness (QED) is 0.141. The van der Waals surface area contributed by atoms with E-state index in [0.29, 0.717) is 0 Å². The molecule has 0 N–H and O–H groups in total. The minimum absolute atomic E-state index is 1.07. The van der Waals surface area contributed by atoms with Gasteiger partial charge in [-0.05, 0) is 98.6 Å². The maximum atomic E-state index is 2.50. The Morgan fingerprint density at radius 2 is 0.742 bits per heavy atom. The summed E-state index contributed by atoms with van der Waals surface area (Å²) in [5.74, 6) is 0. The summed E-state index contributed by atoms with van der Waals surface area (Å²) in [4.78, 5) is 2.50. The highest BCUT2D eigenvalue weighted by Crippen LogP contribution is 2.49. The third kappa shape index (κ3) is 6.65. The Bertz CT molecular complexity index is 3310. The van der Waals surface area contributed by atoms with Crippen molar-refractivity contribution in [3.8, 4) is 61.3 Å². The van der Waals surface area contributed by atoms with E-state index in [1.54, 1.807) is 0 Å². The number of hydrogen-bond acceptors (Lipinski definition) is 1. The zero-order valence-electron chi connectivity index (χ0n) is 34.1. The first-order valence-electron chi connectivity index (χ1n) is 21.3. The second-order valence-electron chi connectivity index (χ2n) is 15.7. The molecule has 292 valence electrons. The van der Waals surface area contributed by atoms with Crippen molar-refractivity contribution in [2.75, 3.05) is 4.90 Å². The lowest BCUT2D eigenvalue weighted by molar-refractivity contribution is 1.18. The Morgan fingerprint density at radius 3 is 1.39 bits per heavy atom. The van der Waals surface area contributed by atoms with Gasteiger partial charge >= 0.3 is 0 Å². The summed E-state index contributed by atoms with van der Waals surface area (Å²) in [6, 6.07) is 92.2. The summed E-state index contributed by atoms with van der Waals surface area (Å²) < 4.78 is 2.41. The highest BCUT2D eigenvalue weighted by atomic mass is 15.2. The Hall–Kier alpha value is -8.20. The van der Waals surface area contributed by atoms with Crippen LogP contribution in [0.3, 0.4) is 0 Å². The second-order valence-corrected chi connectivity index (χ2v) is 15.7. The van der Waals surface area contributed by atoms with Crippen molar-refractivity contribution in [2.45, 2.75) is 0 Å². The molecule has 1 aromatic heterocycles. The van der Waals surface area contributed by atoms with Crippen LogP contribution >= 0.6 is 0 Å². The van der Waals surface area contributed by atoms with E-state index in [2.05, 4.69) is 264 Å². The first-order chi connectivity index (χ1) is 30.8. The van der Waals surface area contributed by atoms with Crippen molar-refractivity contribution in [3.05, 3.63) is 255 Å². The van der Waals surface area contributed by atoms with Gasteiger partial charge in [-0.3, -0.25) is 0 Å². The Balaban J connectivity index is 1.24. The van der Waals surface area contributed by atoms with Crippen LogP contribution in [0.25, 0.3) is 83.1 Å². The van der Waals surface area contributed by atoms with Crippen LogP contribution in [0.5, 0.6) is 0 Å². The van der Waals surface area contributed by atoms with Gasteiger partial charge in [0.15, 0.2) is 0 Å². The van der Waals surface area contributed by atoms with Crippen molar-refractivity contribution in [3.63, 3.8) is 0 Å². The number of aromatic nitrogens is 1. The van der Waals surface area contributed by atoms with Crippen LogP contribution < -0.4 is 4.90 Å². The molecule has 0 bridgehead atoms. The van der Waals surface area contributed by atoms with E-state index >= 15 is 0 Å². The van der Waals surface area contributed by atoms with Gasteiger partial charge in [0, 0.05) is 27.7 Å². The van der Waals surface area contributed by atoms with Crippen LogP contribution in [0.2, 0.25) is 0 Å². The van der Waals surface area contributed by atoms with Gasteiger partial charge in [0.25, 0.3) is 0 Å². The molecule has 10 aromatic carbocycles. The molecule has 0 aliphatic rings. The van der Waals surface area contributed by atoms with E-state index in [1.165, 1.54) is 60.8 Å². The number of nitrogens with zero attached hydrogens (tertiary/aromatic N) is 2. The molecule has 0 unspecified atom stereocenters. The number of para-hydroxylation sites is 2. The first-order valence-corrected chi connectivity index (χ1v) is 21.3. The van der Waals surface area contributed by atoms with Crippen LogP contribution in [0, 0.1) is 0 Å². The standard InChI is InChI=1S/C60H42N2/c1-5-20-43(21-6-1)44-36-39-49(40-37-44)62(58-35-19-34-57-60(58)55-32-17-18-33-56(55)61(57)48-26-11-4-12-27-48)59-42-47(52-30-14-13-28-50(52)45-22-7-2-8-23-45)38-41-54(59)53-31-16-15-29-51(53)46-24-9-3-10-25-46/h1-42H. The van der Waals surface area contributed by atoms with Crippen molar-refractivity contribution in [1.29, 1.82) is 0 Å². The van der Waals surface area contributed by atoms with Crippen LogP contribution in [0.15, 0.2) is 255 Å². The lowest BCUT2D eigenvalue weighted by Gasteiger charge is -2.30. The molecule has 0 atom stereocenters. The van der Waals surface area contributed by atoms with Crippen LogP contribution in [0.1, 0.15) is 0 Å². The van der Waals surface area contributed by atoms with Gasteiger partial charge in [-0.15, -0.1) is 0 Å². The lowest BCUT2D eigenvalue weighted by Crippen LogP contribution is -2.12. The summed E-state index contributed by atoms with van der Waals surface area (Å²) >= 11 is 0. The molecule has 1 heterocycles. The Morgan fingerprint density at radius 1 is 0.274 bits per heavy atom. The average Bonchev–Trinajstić information content (AvgIpc) is 3.70. The molecule has 0 amide bonds. The summed E-state index contributed by atoms with van der Waals surface area (Å²) in [7, 11) is 0. The predicted octanol–water partition coefficient (Wildman–Crippen LogP) is 16.6. The SMILES string of the molecule is c1ccc(-c2ccc(N(c3cc(-c4ccccc4-c4ccccc4)ccc3-c3ccccc3-c3ccccc3)c3cccc4c3c3ccccc3n4-c3ccccc3)cc2)cc1.